The third-order valence-electron chi connectivity index (χ3n) is 5.08. The minimum Gasteiger partial charge on any atom is -0.342 e. The van der Waals surface area contributed by atoms with Crippen molar-refractivity contribution >= 4 is 18.3 Å². The standard InChI is InChI=1S/C18H24F2N2O.ClH/c1-2-21-11-12-5-7-22(8-6-12)18(23)16-10-15(16)14-4-3-13(19)9-17(14)20;/h3-4,9,12,15-16,21H,2,5-8,10-11H2,1H3;1H. The van der Waals surface area contributed by atoms with Crippen molar-refractivity contribution < 1.29 is 13.6 Å². The highest BCUT2D eigenvalue weighted by molar-refractivity contribution is 5.85. The van der Waals surface area contributed by atoms with Gasteiger partial charge >= 0.3 is 0 Å². The number of hydrogen-bond donors (Lipinski definition) is 1. The Hall–Kier alpha value is -1.20. The van der Waals surface area contributed by atoms with Crippen LogP contribution in [-0.2, 0) is 4.79 Å². The molecule has 0 bridgehead atoms. The fourth-order valence-corrected chi connectivity index (χ4v) is 3.55. The molecule has 3 rings (SSSR count). The Balaban J connectivity index is 0.00000208. The Bertz CT molecular complexity index is 576. The molecule has 2 aliphatic rings. The Labute approximate surface area is 148 Å². The normalized spacial score (nSPS) is 23.7. The first kappa shape index (κ1) is 19.1. The highest BCUT2D eigenvalue weighted by atomic mass is 35.5. The lowest BCUT2D eigenvalue weighted by Gasteiger charge is -2.32. The molecular weight excluding hydrogens is 334 g/mol. The Morgan fingerprint density at radius 1 is 1.29 bits per heavy atom. The summed E-state index contributed by atoms with van der Waals surface area (Å²) >= 11 is 0. The van der Waals surface area contributed by atoms with Crippen LogP contribution in [0.15, 0.2) is 18.2 Å². The van der Waals surface area contributed by atoms with Crippen molar-refractivity contribution in [1.82, 2.24) is 10.2 Å². The zero-order valence-corrected chi connectivity index (χ0v) is 14.7. The minimum absolute atomic E-state index is 0. The SMILES string of the molecule is CCNCC1CCN(C(=O)C2CC2c2ccc(F)cc2F)CC1.Cl. The number of hydrogen-bond acceptors (Lipinski definition) is 2. The van der Waals surface area contributed by atoms with Crippen molar-refractivity contribution in [3.05, 3.63) is 35.4 Å². The number of likely N-dealkylation sites (tertiary alicyclic amines) is 1. The van der Waals surface area contributed by atoms with Gasteiger partial charge in [0.05, 0.1) is 0 Å². The average molecular weight is 359 g/mol. The summed E-state index contributed by atoms with van der Waals surface area (Å²) in [5, 5.41) is 3.36. The van der Waals surface area contributed by atoms with Gasteiger partial charge in [-0.15, -0.1) is 12.4 Å². The summed E-state index contributed by atoms with van der Waals surface area (Å²) in [5.74, 6) is -0.529. The number of piperidine rings is 1. The van der Waals surface area contributed by atoms with Crippen LogP contribution in [-0.4, -0.2) is 37.0 Å². The summed E-state index contributed by atoms with van der Waals surface area (Å²) in [6.45, 7) is 5.69. The number of amides is 1. The van der Waals surface area contributed by atoms with Crippen LogP contribution >= 0.6 is 12.4 Å². The van der Waals surface area contributed by atoms with Crippen LogP contribution in [0, 0.1) is 23.5 Å². The molecule has 0 aromatic heterocycles. The van der Waals surface area contributed by atoms with Crippen molar-refractivity contribution in [3.63, 3.8) is 0 Å². The molecule has 2 unspecified atom stereocenters. The van der Waals surface area contributed by atoms with E-state index in [4.69, 9.17) is 0 Å². The predicted octanol–water partition coefficient (Wildman–Crippen LogP) is 3.34. The molecule has 1 aromatic carbocycles. The van der Waals surface area contributed by atoms with Gasteiger partial charge in [-0.1, -0.05) is 13.0 Å². The fraction of sp³-hybridized carbons (Fsp3) is 0.611. The average Bonchev–Trinajstić information content (AvgIpc) is 3.33. The molecule has 1 aromatic rings. The second-order valence-corrected chi connectivity index (χ2v) is 6.69. The molecule has 3 nitrogen and oxygen atoms in total. The summed E-state index contributed by atoms with van der Waals surface area (Å²) in [5.41, 5.74) is 0.479. The molecule has 6 heteroatoms. The van der Waals surface area contributed by atoms with Gasteiger partial charge in [0, 0.05) is 25.1 Å². The quantitative estimate of drug-likeness (QED) is 0.875. The summed E-state index contributed by atoms with van der Waals surface area (Å²) < 4.78 is 26.8. The zero-order chi connectivity index (χ0) is 16.4. The lowest BCUT2D eigenvalue weighted by Crippen LogP contribution is -2.41. The van der Waals surface area contributed by atoms with E-state index in [1.54, 1.807) is 0 Å². The van der Waals surface area contributed by atoms with Crippen LogP contribution in [0.2, 0.25) is 0 Å². The van der Waals surface area contributed by atoms with Crippen molar-refractivity contribution in [2.75, 3.05) is 26.2 Å². The molecule has 2 atom stereocenters. The zero-order valence-electron chi connectivity index (χ0n) is 13.9. The molecule has 1 heterocycles. The van der Waals surface area contributed by atoms with Gasteiger partial charge in [0.1, 0.15) is 11.6 Å². The molecule has 1 saturated heterocycles. The maximum atomic E-state index is 13.8. The van der Waals surface area contributed by atoms with E-state index in [9.17, 15) is 13.6 Å². The van der Waals surface area contributed by atoms with Crippen molar-refractivity contribution in [2.45, 2.75) is 32.1 Å². The molecule has 0 spiro atoms. The minimum atomic E-state index is -0.572. The van der Waals surface area contributed by atoms with Crippen LogP contribution in [0.3, 0.4) is 0 Å². The van der Waals surface area contributed by atoms with Gasteiger partial charge in [-0.3, -0.25) is 4.79 Å². The van der Waals surface area contributed by atoms with Crippen LogP contribution in [0.4, 0.5) is 8.78 Å². The first-order valence-corrected chi connectivity index (χ1v) is 8.54. The van der Waals surface area contributed by atoms with Gasteiger partial charge in [-0.05, 0) is 55.8 Å². The lowest BCUT2D eigenvalue weighted by atomic mass is 9.96. The smallest absolute Gasteiger partial charge is 0.226 e. The van der Waals surface area contributed by atoms with E-state index in [1.807, 2.05) is 4.90 Å². The summed E-state index contributed by atoms with van der Waals surface area (Å²) in [7, 11) is 0. The van der Waals surface area contributed by atoms with E-state index >= 15 is 0 Å². The first-order chi connectivity index (χ1) is 11.1. The van der Waals surface area contributed by atoms with Crippen LogP contribution in [0.5, 0.6) is 0 Å². The number of nitrogens with one attached hydrogen (secondary N) is 1. The van der Waals surface area contributed by atoms with E-state index in [2.05, 4.69) is 12.2 Å². The number of halogens is 3. The van der Waals surface area contributed by atoms with Crippen LogP contribution in [0.25, 0.3) is 0 Å². The maximum Gasteiger partial charge on any atom is 0.226 e. The third-order valence-corrected chi connectivity index (χ3v) is 5.08. The van der Waals surface area contributed by atoms with E-state index in [0.29, 0.717) is 17.9 Å². The Morgan fingerprint density at radius 2 is 2.00 bits per heavy atom. The third kappa shape index (κ3) is 4.25. The van der Waals surface area contributed by atoms with Crippen molar-refractivity contribution in [3.8, 4) is 0 Å². The topological polar surface area (TPSA) is 32.3 Å². The number of carbonyl (C=O) groups is 1. The van der Waals surface area contributed by atoms with E-state index < -0.39 is 11.6 Å². The number of benzene rings is 1. The van der Waals surface area contributed by atoms with Gasteiger partial charge in [0.15, 0.2) is 0 Å². The largest absolute Gasteiger partial charge is 0.342 e. The molecule has 24 heavy (non-hydrogen) atoms. The van der Waals surface area contributed by atoms with E-state index in [1.165, 1.54) is 12.1 Å². The molecule has 0 radical (unpaired) electrons. The molecule has 1 aliphatic heterocycles. The molecule has 1 N–H and O–H groups in total. The van der Waals surface area contributed by atoms with Crippen LogP contribution < -0.4 is 5.32 Å². The number of nitrogens with zero attached hydrogens (tertiary/aromatic N) is 1. The van der Waals surface area contributed by atoms with Gasteiger partial charge in [0.25, 0.3) is 0 Å². The second-order valence-electron chi connectivity index (χ2n) is 6.69. The van der Waals surface area contributed by atoms with Crippen molar-refractivity contribution in [1.29, 1.82) is 0 Å². The monoisotopic (exact) mass is 358 g/mol. The predicted molar refractivity (Wildman–Crippen MR) is 92.3 cm³/mol. The van der Waals surface area contributed by atoms with E-state index in [0.717, 1.165) is 45.1 Å². The molecule has 1 saturated carbocycles. The van der Waals surface area contributed by atoms with Gasteiger partial charge in [0.2, 0.25) is 5.91 Å². The second kappa shape index (κ2) is 8.26. The molecule has 1 aliphatic carbocycles. The van der Waals surface area contributed by atoms with Gasteiger partial charge in [-0.2, -0.15) is 0 Å². The Kier molecular flexibility index (Phi) is 6.58. The summed E-state index contributed by atoms with van der Waals surface area (Å²) in [4.78, 5) is 14.5. The summed E-state index contributed by atoms with van der Waals surface area (Å²) in [6, 6.07) is 3.65. The van der Waals surface area contributed by atoms with Crippen LogP contribution in [0.1, 0.15) is 37.7 Å². The highest BCUT2D eigenvalue weighted by Crippen LogP contribution is 2.49. The highest BCUT2D eigenvalue weighted by Gasteiger charge is 2.47. The fourth-order valence-electron chi connectivity index (χ4n) is 3.55. The van der Waals surface area contributed by atoms with Gasteiger partial charge in [-0.25, -0.2) is 8.78 Å². The maximum absolute atomic E-state index is 13.8. The number of rotatable bonds is 5. The lowest BCUT2D eigenvalue weighted by molar-refractivity contribution is -0.134. The number of carbonyl (C=O) groups excluding carboxylic acids is 1. The summed E-state index contributed by atoms with van der Waals surface area (Å²) in [6.07, 6.45) is 2.74. The molecule has 134 valence electrons. The molecular formula is C18H25ClF2N2O. The van der Waals surface area contributed by atoms with E-state index in [-0.39, 0.29) is 30.2 Å². The van der Waals surface area contributed by atoms with Gasteiger partial charge < -0.3 is 10.2 Å². The molecule has 1 amide bonds. The molecule has 2 fully saturated rings. The Morgan fingerprint density at radius 3 is 2.62 bits per heavy atom. The first-order valence-electron chi connectivity index (χ1n) is 8.54. The van der Waals surface area contributed by atoms with Crippen molar-refractivity contribution in [2.24, 2.45) is 11.8 Å².